The highest BCUT2D eigenvalue weighted by Crippen LogP contribution is 2.34. The third-order valence-corrected chi connectivity index (χ3v) is 7.73. The van der Waals surface area contributed by atoms with E-state index in [1.54, 1.807) is 4.90 Å². The molecule has 0 unspecified atom stereocenters. The minimum atomic E-state index is -4.24. The molecule has 168 valence electrons. The number of hydrogen-bond donors (Lipinski definition) is 1. The number of hydrogen-bond acceptors (Lipinski definition) is 8. The van der Waals surface area contributed by atoms with E-state index in [4.69, 9.17) is 4.74 Å². The van der Waals surface area contributed by atoms with Crippen LogP contribution in [0.5, 0.6) is 0 Å². The van der Waals surface area contributed by atoms with Gasteiger partial charge in [-0.3, -0.25) is 9.52 Å². The summed E-state index contributed by atoms with van der Waals surface area (Å²) < 4.78 is 37.4. The predicted octanol–water partition coefficient (Wildman–Crippen LogP) is 2.91. The number of sulfonamides is 1. The van der Waals surface area contributed by atoms with Gasteiger partial charge in [-0.15, -0.1) is 11.3 Å². The monoisotopic (exact) mass is 468 g/mol. The smallest absolute Gasteiger partial charge is 0.348 e. The summed E-state index contributed by atoms with van der Waals surface area (Å²) in [5.74, 6) is -1.80. The van der Waals surface area contributed by atoms with Gasteiger partial charge < -0.3 is 14.4 Å². The van der Waals surface area contributed by atoms with E-state index in [2.05, 4.69) is 9.46 Å². The van der Waals surface area contributed by atoms with Gasteiger partial charge in [-0.1, -0.05) is 0 Å². The van der Waals surface area contributed by atoms with E-state index in [1.807, 2.05) is 13.8 Å². The Labute approximate surface area is 185 Å². The number of rotatable bonds is 8. The van der Waals surface area contributed by atoms with Crippen molar-refractivity contribution in [3.8, 4) is 0 Å². The number of amides is 1. The largest absolute Gasteiger partial charge is 0.465 e. The van der Waals surface area contributed by atoms with Crippen LogP contribution in [0.3, 0.4) is 0 Å². The molecular formula is C20H24N2O7S2. The van der Waals surface area contributed by atoms with Crippen LogP contribution in [0.25, 0.3) is 0 Å². The van der Waals surface area contributed by atoms with E-state index in [0.29, 0.717) is 30.0 Å². The van der Waals surface area contributed by atoms with Crippen molar-refractivity contribution in [2.75, 3.05) is 32.0 Å². The minimum Gasteiger partial charge on any atom is -0.465 e. The van der Waals surface area contributed by atoms with E-state index in [1.165, 1.54) is 31.2 Å². The molecule has 0 spiro atoms. The third-order valence-electron chi connectivity index (χ3n) is 4.55. The van der Waals surface area contributed by atoms with Crippen molar-refractivity contribution in [1.82, 2.24) is 4.90 Å². The molecule has 0 aliphatic heterocycles. The molecule has 0 saturated carbocycles. The Bertz CT molecular complexity index is 1090. The molecule has 0 radical (unpaired) electrons. The number of anilines is 1. The van der Waals surface area contributed by atoms with Crippen LogP contribution in [-0.4, -0.2) is 58.5 Å². The highest BCUT2D eigenvalue weighted by atomic mass is 32.2. The molecule has 0 fully saturated rings. The van der Waals surface area contributed by atoms with Crippen molar-refractivity contribution in [1.29, 1.82) is 0 Å². The average Bonchev–Trinajstić information content (AvgIpc) is 3.11. The first-order valence-corrected chi connectivity index (χ1v) is 11.6. The second kappa shape index (κ2) is 9.92. The number of esters is 2. The molecule has 2 rings (SSSR count). The summed E-state index contributed by atoms with van der Waals surface area (Å²) in [5.41, 5.74) is 0.539. The number of benzene rings is 1. The fourth-order valence-electron chi connectivity index (χ4n) is 2.88. The molecule has 0 aliphatic carbocycles. The number of ether oxygens (including phenoxy) is 2. The zero-order chi connectivity index (χ0) is 23.3. The lowest BCUT2D eigenvalue weighted by molar-refractivity contribution is 0.0596. The lowest BCUT2D eigenvalue weighted by Crippen LogP contribution is -2.30. The van der Waals surface area contributed by atoms with Crippen molar-refractivity contribution in [3.05, 3.63) is 45.8 Å². The van der Waals surface area contributed by atoms with E-state index in [-0.39, 0.29) is 31.8 Å². The second-order valence-corrected chi connectivity index (χ2v) is 9.26. The van der Waals surface area contributed by atoms with Gasteiger partial charge in [0.1, 0.15) is 4.88 Å². The molecular weight excluding hydrogens is 444 g/mol. The first-order valence-electron chi connectivity index (χ1n) is 9.33. The van der Waals surface area contributed by atoms with Gasteiger partial charge in [0.2, 0.25) is 0 Å². The summed E-state index contributed by atoms with van der Waals surface area (Å²) in [7, 11) is -1.96. The molecule has 0 bridgehead atoms. The van der Waals surface area contributed by atoms with Crippen LogP contribution in [0.15, 0.2) is 28.5 Å². The van der Waals surface area contributed by atoms with Gasteiger partial charge in [0, 0.05) is 24.3 Å². The maximum Gasteiger partial charge on any atom is 0.348 e. The van der Waals surface area contributed by atoms with Crippen molar-refractivity contribution in [3.63, 3.8) is 0 Å². The lowest BCUT2D eigenvalue weighted by Gasteiger charge is -2.18. The summed E-state index contributed by atoms with van der Waals surface area (Å²) in [6.07, 6.45) is 0. The summed E-state index contributed by atoms with van der Waals surface area (Å²) in [6, 6.07) is 5.93. The van der Waals surface area contributed by atoms with E-state index in [9.17, 15) is 22.8 Å². The summed E-state index contributed by atoms with van der Waals surface area (Å²) in [5, 5.41) is 0. The van der Waals surface area contributed by atoms with Gasteiger partial charge in [0.15, 0.2) is 4.21 Å². The van der Waals surface area contributed by atoms with Crippen LogP contribution in [0.1, 0.15) is 49.8 Å². The van der Waals surface area contributed by atoms with E-state index >= 15 is 0 Å². The molecule has 0 aliphatic rings. The first-order chi connectivity index (χ1) is 14.6. The number of nitrogens with zero attached hydrogens (tertiary/aromatic N) is 1. The van der Waals surface area contributed by atoms with Crippen LogP contribution in [0, 0.1) is 6.92 Å². The highest BCUT2D eigenvalue weighted by molar-refractivity contribution is 7.94. The number of carbonyl (C=O) groups is 3. The standard InChI is InChI=1S/C20H24N2O7S2/c1-6-22(7-2)17(23)13-8-10-14(11-9-13)21-31(26,27)20-15(18(24)28-4)12(3)16(30-20)19(25)29-5/h8-11,21H,6-7H2,1-5H3. The van der Waals surface area contributed by atoms with Gasteiger partial charge in [0.25, 0.3) is 15.9 Å². The molecule has 1 heterocycles. The Balaban J connectivity index is 2.41. The molecule has 31 heavy (non-hydrogen) atoms. The van der Waals surface area contributed by atoms with Crippen LogP contribution in [-0.2, 0) is 19.5 Å². The number of thiophene rings is 1. The van der Waals surface area contributed by atoms with Gasteiger partial charge in [-0.2, -0.15) is 0 Å². The highest BCUT2D eigenvalue weighted by Gasteiger charge is 2.32. The Kier molecular flexibility index (Phi) is 7.80. The van der Waals surface area contributed by atoms with Gasteiger partial charge in [0.05, 0.1) is 19.8 Å². The zero-order valence-corrected chi connectivity index (χ0v) is 19.5. The first kappa shape index (κ1) is 24.4. The maximum absolute atomic E-state index is 13.0. The average molecular weight is 469 g/mol. The molecule has 11 heteroatoms. The Morgan fingerprint density at radius 2 is 1.55 bits per heavy atom. The maximum atomic E-state index is 13.0. The summed E-state index contributed by atoms with van der Waals surface area (Å²) in [4.78, 5) is 38.2. The van der Waals surface area contributed by atoms with Crippen LogP contribution >= 0.6 is 11.3 Å². The minimum absolute atomic E-state index is 0.0107. The Hall–Kier alpha value is -2.92. The molecule has 1 aromatic heterocycles. The number of carbonyl (C=O) groups excluding carboxylic acids is 3. The van der Waals surface area contributed by atoms with Crippen molar-refractivity contribution >= 4 is 44.9 Å². The Morgan fingerprint density at radius 1 is 1.00 bits per heavy atom. The molecule has 0 saturated heterocycles. The molecule has 1 N–H and O–H groups in total. The molecule has 9 nitrogen and oxygen atoms in total. The van der Waals surface area contributed by atoms with Crippen LogP contribution in [0.4, 0.5) is 5.69 Å². The summed E-state index contributed by atoms with van der Waals surface area (Å²) >= 11 is 0.620. The molecule has 2 aromatic rings. The topological polar surface area (TPSA) is 119 Å². The molecule has 1 aromatic carbocycles. The second-order valence-electron chi connectivity index (χ2n) is 6.36. The number of methoxy groups -OCH3 is 2. The van der Waals surface area contributed by atoms with Gasteiger partial charge in [-0.05, 0) is 50.6 Å². The van der Waals surface area contributed by atoms with Crippen LogP contribution in [0.2, 0.25) is 0 Å². The molecule has 0 atom stereocenters. The van der Waals surface area contributed by atoms with Crippen molar-refractivity contribution in [2.24, 2.45) is 0 Å². The summed E-state index contributed by atoms with van der Waals surface area (Å²) in [6.45, 7) is 6.30. The van der Waals surface area contributed by atoms with Gasteiger partial charge in [-0.25, -0.2) is 18.0 Å². The normalized spacial score (nSPS) is 11.0. The van der Waals surface area contributed by atoms with E-state index in [0.717, 1.165) is 14.2 Å². The molecule has 1 amide bonds. The number of nitrogens with one attached hydrogen (secondary N) is 1. The fraction of sp³-hybridized carbons (Fsp3) is 0.350. The third kappa shape index (κ3) is 5.05. The van der Waals surface area contributed by atoms with Crippen molar-refractivity contribution < 1.29 is 32.3 Å². The lowest BCUT2D eigenvalue weighted by atomic mass is 10.2. The quantitative estimate of drug-likeness (QED) is 0.592. The Morgan fingerprint density at radius 3 is 2.03 bits per heavy atom. The SMILES string of the molecule is CCN(CC)C(=O)c1ccc(NS(=O)(=O)c2sc(C(=O)OC)c(C)c2C(=O)OC)cc1. The fourth-order valence-corrected chi connectivity index (χ4v) is 5.68. The van der Waals surface area contributed by atoms with E-state index < -0.39 is 22.0 Å². The van der Waals surface area contributed by atoms with Crippen molar-refractivity contribution in [2.45, 2.75) is 25.0 Å². The zero-order valence-electron chi connectivity index (χ0n) is 17.8. The van der Waals surface area contributed by atoms with Gasteiger partial charge >= 0.3 is 11.9 Å². The van der Waals surface area contributed by atoms with Crippen LogP contribution < -0.4 is 4.72 Å². The predicted molar refractivity (Wildman–Crippen MR) is 116 cm³/mol.